The molecule has 2 N–H and O–H groups in total. The van der Waals surface area contributed by atoms with E-state index in [1.807, 2.05) is 0 Å². The fraction of sp³-hybridized carbons (Fsp3) is 0.605. The summed E-state index contributed by atoms with van der Waals surface area (Å²) in [5.74, 6) is 0.669. The van der Waals surface area contributed by atoms with Crippen molar-refractivity contribution in [3.05, 3.63) is 53.6 Å². The molecule has 14 nitrogen and oxygen atoms in total. The van der Waals surface area contributed by atoms with Crippen molar-refractivity contribution in [2.45, 2.75) is 103 Å². The van der Waals surface area contributed by atoms with Crippen molar-refractivity contribution >= 4 is 49.5 Å². The number of alkyl carbamates (subject to hydrolysis) is 1. The van der Waals surface area contributed by atoms with Crippen LogP contribution in [0.5, 0.6) is 0 Å². The van der Waals surface area contributed by atoms with Gasteiger partial charge in [-0.15, -0.1) is 0 Å². The summed E-state index contributed by atoms with van der Waals surface area (Å²) in [6.07, 6.45) is 5.66. The first-order chi connectivity index (χ1) is 25.0. The number of carbonyl (C=O) groups is 3. The minimum atomic E-state index is -3.77. The molecule has 0 bridgehead atoms. The van der Waals surface area contributed by atoms with E-state index in [0.717, 1.165) is 29.3 Å². The summed E-state index contributed by atoms with van der Waals surface area (Å²) in [6, 6.07) is 10.6. The molecule has 0 atom stereocenters. The fourth-order valence-electron chi connectivity index (χ4n) is 6.43. The van der Waals surface area contributed by atoms with Gasteiger partial charge in [0, 0.05) is 45.5 Å². The van der Waals surface area contributed by atoms with E-state index in [9.17, 15) is 31.2 Å². The smallest absolute Gasteiger partial charge is 0.410 e. The Morgan fingerprint density at radius 3 is 1.98 bits per heavy atom. The van der Waals surface area contributed by atoms with E-state index >= 15 is 0 Å². The summed E-state index contributed by atoms with van der Waals surface area (Å²) in [5.41, 5.74) is -0.508. The maximum Gasteiger partial charge on any atom is 0.410 e. The zero-order chi connectivity index (χ0) is 40.1. The van der Waals surface area contributed by atoms with Crippen molar-refractivity contribution in [3.63, 3.8) is 0 Å². The van der Waals surface area contributed by atoms with Gasteiger partial charge in [0.05, 0.1) is 22.4 Å². The number of hydrogen-bond donors (Lipinski definition) is 2. The number of rotatable bonds is 13. The molecule has 0 aromatic heterocycles. The van der Waals surface area contributed by atoms with Gasteiger partial charge in [0.15, 0.2) is 0 Å². The van der Waals surface area contributed by atoms with Crippen molar-refractivity contribution in [3.8, 4) is 0 Å². The summed E-state index contributed by atoms with van der Waals surface area (Å²) in [7, 11) is -6.15. The summed E-state index contributed by atoms with van der Waals surface area (Å²) in [5, 5.41) is 5.44. The number of sulfonamides is 2. The van der Waals surface area contributed by atoms with Crippen LogP contribution in [0, 0.1) is 11.8 Å². The average molecular weight is 792 g/mol. The number of ether oxygens (including phenoxy) is 2. The molecule has 1 saturated carbocycles. The first kappa shape index (κ1) is 42.8. The molecule has 0 spiro atoms. The van der Waals surface area contributed by atoms with Gasteiger partial charge in [-0.2, -0.15) is 4.31 Å². The first-order valence-electron chi connectivity index (χ1n) is 18.5. The predicted molar refractivity (Wildman–Crippen MR) is 208 cm³/mol. The lowest BCUT2D eigenvalue weighted by molar-refractivity contribution is 0.0231. The van der Waals surface area contributed by atoms with Crippen LogP contribution in [0.2, 0.25) is 0 Å². The van der Waals surface area contributed by atoms with E-state index < -0.39 is 49.3 Å². The second-order valence-electron chi connectivity index (χ2n) is 16.2. The third-order valence-corrected chi connectivity index (χ3v) is 12.6. The Balaban J connectivity index is 1.51. The molecule has 0 radical (unpaired) electrons. The Kier molecular flexibility index (Phi) is 13.7. The van der Waals surface area contributed by atoms with Gasteiger partial charge >= 0.3 is 12.2 Å². The van der Waals surface area contributed by atoms with Crippen LogP contribution in [-0.2, 0) is 36.1 Å². The molecule has 2 aliphatic rings. The second-order valence-corrected chi connectivity index (χ2v) is 20.1. The topological polar surface area (TPSA) is 172 Å². The Labute approximate surface area is 321 Å². The number of nitrogens with one attached hydrogen (secondary N) is 2. The van der Waals surface area contributed by atoms with Crippen molar-refractivity contribution in [2.75, 3.05) is 49.1 Å². The van der Waals surface area contributed by atoms with E-state index in [4.69, 9.17) is 9.47 Å². The van der Waals surface area contributed by atoms with E-state index in [1.165, 1.54) is 71.9 Å². The van der Waals surface area contributed by atoms with Crippen LogP contribution in [0.4, 0.5) is 21.0 Å². The number of benzene rings is 2. The minimum absolute atomic E-state index is 0.00889. The normalized spacial score (nSPS) is 16.2. The lowest BCUT2D eigenvalue weighted by Gasteiger charge is -2.39. The molecule has 1 saturated heterocycles. The molecule has 54 heavy (non-hydrogen) atoms. The highest BCUT2D eigenvalue weighted by molar-refractivity contribution is 7.92. The summed E-state index contributed by atoms with van der Waals surface area (Å²) < 4.78 is 65.5. The summed E-state index contributed by atoms with van der Waals surface area (Å²) in [6.45, 7) is 11.9. The third kappa shape index (κ3) is 12.1. The van der Waals surface area contributed by atoms with Crippen LogP contribution in [-0.4, -0.2) is 94.8 Å². The zero-order valence-electron chi connectivity index (χ0n) is 32.8. The number of nitrogens with zero attached hydrogens (tertiary/aromatic N) is 3. The predicted octanol–water partition coefficient (Wildman–Crippen LogP) is 6.19. The van der Waals surface area contributed by atoms with Crippen LogP contribution in [0.15, 0.2) is 47.4 Å². The van der Waals surface area contributed by atoms with E-state index in [2.05, 4.69) is 10.6 Å². The highest BCUT2D eigenvalue weighted by Crippen LogP contribution is 2.39. The fourth-order valence-corrected chi connectivity index (χ4v) is 8.42. The molecular formula is C38H57N5O9S2. The van der Waals surface area contributed by atoms with Gasteiger partial charge in [-0.3, -0.25) is 9.10 Å². The van der Waals surface area contributed by atoms with Crippen LogP contribution in [0.3, 0.4) is 0 Å². The van der Waals surface area contributed by atoms with Gasteiger partial charge in [0.1, 0.15) is 11.2 Å². The van der Waals surface area contributed by atoms with Crippen molar-refractivity contribution < 1.29 is 40.7 Å². The molecule has 2 fully saturated rings. The highest BCUT2D eigenvalue weighted by Gasteiger charge is 2.34. The number of amides is 3. The Morgan fingerprint density at radius 2 is 1.44 bits per heavy atom. The van der Waals surface area contributed by atoms with Crippen molar-refractivity contribution in [1.82, 2.24) is 14.5 Å². The molecule has 1 aliphatic carbocycles. The van der Waals surface area contributed by atoms with E-state index in [-0.39, 0.29) is 35.8 Å². The number of piperidine rings is 1. The van der Waals surface area contributed by atoms with Gasteiger partial charge in [-0.25, -0.2) is 26.4 Å². The molecule has 1 aliphatic heterocycles. The maximum atomic E-state index is 13.8. The van der Waals surface area contributed by atoms with E-state index in [1.54, 1.807) is 47.6 Å². The molecule has 3 amide bonds. The summed E-state index contributed by atoms with van der Waals surface area (Å²) >= 11 is 0. The first-order valence-corrected chi connectivity index (χ1v) is 21.8. The van der Waals surface area contributed by atoms with Crippen LogP contribution in [0.1, 0.15) is 96.0 Å². The molecule has 16 heteroatoms. The van der Waals surface area contributed by atoms with Gasteiger partial charge in [0.2, 0.25) is 20.0 Å². The molecule has 1 heterocycles. The van der Waals surface area contributed by atoms with Gasteiger partial charge < -0.3 is 25.0 Å². The van der Waals surface area contributed by atoms with Crippen molar-refractivity contribution in [2.24, 2.45) is 11.8 Å². The molecule has 300 valence electrons. The molecule has 0 unspecified atom stereocenters. The second kappa shape index (κ2) is 17.3. The van der Waals surface area contributed by atoms with E-state index in [0.29, 0.717) is 36.7 Å². The minimum Gasteiger partial charge on any atom is -0.444 e. The van der Waals surface area contributed by atoms with Crippen molar-refractivity contribution in [1.29, 1.82) is 0 Å². The molecule has 2 aromatic carbocycles. The van der Waals surface area contributed by atoms with Crippen LogP contribution >= 0.6 is 0 Å². The van der Waals surface area contributed by atoms with Gasteiger partial charge in [0.25, 0.3) is 5.91 Å². The highest BCUT2D eigenvalue weighted by atomic mass is 32.2. The average Bonchev–Trinajstić information content (AvgIpc) is 3.03. The third-order valence-electron chi connectivity index (χ3n) is 9.51. The lowest BCUT2D eigenvalue weighted by atomic mass is 9.72. The zero-order valence-corrected chi connectivity index (χ0v) is 34.4. The lowest BCUT2D eigenvalue weighted by Crippen LogP contribution is -2.41. The molecular weight excluding hydrogens is 735 g/mol. The maximum absolute atomic E-state index is 13.8. The monoisotopic (exact) mass is 791 g/mol. The largest absolute Gasteiger partial charge is 0.444 e. The summed E-state index contributed by atoms with van der Waals surface area (Å²) in [4.78, 5) is 40.8. The Morgan fingerprint density at radius 1 is 0.852 bits per heavy atom. The standard InChI is InChI=1S/C38H57N5O9S2/c1-37(2,3)51-35(45)39-21-10-22-42(36(46)52-38(4,5)6)26-27-13-18-33(41(7)53(8,47)48)32(25-27)34(44)40-30-14-16-31(17-15-30)54(49,50)43-23-19-29(20-24-43)28-11-9-12-28/h13-18,25,28-29H,9-12,19-24,26H2,1-8H3,(H,39,45)(H,40,44). The number of carbonyl (C=O) groups excluding carboxylic acids is 3. The Hall–Kier alpha value is -3.89. The van der Waals surface area contributed by atoms with Crippen LogP contribution < -0.4 is 14.9 Å². The van der Waals surface area contributed by atoms with Gasteiger partial charge in [-0.05, 0) is 115 Å². The van der Waals surface area contributed by atoms with Crippen LogP contribution in [0.25, 0.3) is 0 Å². The quantitative estimate of drug-likeness (QED) is 0.225. The Bertz CT molecular complexity index is 1860. The number of hydrogen-bond acceptors (Lipinski definition) is 9. The molecule has 2 aromatic rings. The SMILES string of the molecule is CN(c1ccc(CN(CCCNC(=O)OC(C)(C)C)C(=O)OC(C)(C)C)cc1C(=O)Nc1ccc(S(=O)(=O)N2CCC(C3CCC3)CC2)cc1)S(C)(=O)=O. The van der Waals surface area contributed by atoms with Gasteiger partial charge in [-0.1, -0.05) is 25.3 Å². The molecule has 4 rings (SSSR count). The number of anilines is 2.